The van der Waals surface area contributed by atoms with E-state index < -0.39 is 0 Å². The Bertz CT molecular complexity index is 104. The highest BCUT2D eigenvalue weighted by atomic mass is 16.5. The molecule has 66 valence electrons. The van der Waals surface area contributed by atoms with Gasteiger partial charge in [-0.15, -0.1) is 0 Å². The van der Waals surface area contributed by atoms with Crippen LogP contribution in [0.2, 0.25) is 0 Å². The minimum Gasteiger partial charge on any atom is -0.317 e. The van der Waals surface area contributed by atoms with Crippen molar-refractivity contribution in [3.63, 3.8) is 0 Å². The normalized spacial score (nSPS) is 39.0. The number of rotatable bonds is 2. The zero-order valence-corrected chi connectivity index (χ0v) is 7.51. The number of hydrogen-bond acceptors (Lipinski definition) is 2. The molecule has 2 N–H and O–H groups in total. The fourth-order valence-corrected chi connectivity index (χ4v) is 2.18. The van der Waals surface area contributed by atoms with Crippen LogP contribution in [0.25, 0.3) is 0 Å². The standard InChI is InChI=1S/C9H19NO/c1-3-8-4-7(2)5-9(6-8)10-11/h7-11H,3-6H2,1-2H3. The molecule has 1 rings (SSSR count). The molecule has 2 heteroatoms. The van der Waals surface area contributed by atoms with E-state index in [-0.39, 0.29) is 0 Å². The summed E-state index contributed by atoms with van der Waals surface area (Å²) in [6.07, 6.45) is 4.88. The topological polar surface area (TPSA) is 32.3 Å². The van der Waals surface area contributed by atoms with E-state index in [1.807, 2.05) is 0 Å². The van der Waals surface area contributed by atoms with Gasteiger partial charge in [-0.25, -0.2) is 5.48 Å². The van der Waals surface area contributed by atoms with Gasteiger partial charge in [-0.1, -0.05) is 20.3 Å². The van der Waals surface area contributed by atoms with Crippen LogP contribution in [0, 0.1) is 11.8 Å². The average molecular weight is 157 g/mol. The molecule has 0 aliphatic heterocycles. The van der Waals surface area contributed by atoms with Crippen LogP contribution in [-0.2, 0) is 0 Å². The first-order valence-corrected chi connectivity index (χ1v) is 4.65. The summed E-state index contributed by atoms with van der Waals surface area (Å²) < 4.78 is 0. The Hall–Kier alpha value is -0.0800. The second kappa shape index (κ2) is 4.07. The Morgan fingerprint density at radius 2 is 2.09 bits per heavy atom. The van der Waals surface area contributed by atoms with Gasteiger partial charge < -0.3 is 5.21 Å². The zero-order chi connectivity index (χ0) is 8.27. The number of hydrogen-bond donors (Lipinski definition) is 2. The molecular formula is C9H19NO. The second-order valence-corrected chi connectivity index (χ2v) is 3.91. The lowest BCUT2D eigenvalue weighted by Gasteiger charge is -2.31. The fraction of sp³-hybridized carbons (Fsp3) is 1.00. The van der Waals surface area contributed by atoms with E-state index >= 15 is 0 Å². The molecule has 0 bridgehead atoms. The molecule has 0 saturated heterocycles. The molecule has 0 spiro atoms. The van der Waals surface area contributed by atoms with Gasteiger partial charge in [-0.2, -0.15) is 0 Å². The van der Waals surface area contributed by atoms with Gasteiger partial charge in [0.25, 0.3) is 0 Å². The van der Waals surface area contributed by atoms with Crippen molar-refractivity contribution in [1.29, 1.82) is 0 Å². The first-order chi connectivity index (χ1) is 5.26. The molecule has 1 fully saturated rings. The second-order valence-electron chi connectivity index (χ2n) is 3.91. The van der Waals surface area contributed by atoms with Crippen LogP contribution in [-0.4, -0.2) is 11.2 Å². The molecule has 11 heavy (non-hydrogen) atoms. The van der Waals surface area contributed by atoms with Gasteiger partial charge in [-0.3, -0.25) is 0 Å². The van der Waals surface area contributed by atoms with Crippen molar-refractivity contribution in [1.82, 2.24) is 5.48 Å². The molecule has 0 heterocycles. The molecule has 1 aliphatic rings. The van der Waals surface area contributed by atoms with Crippen molar-refractivity contribution in [2.24, 2.45) is 11.8 Å². The molecule has 2 nitrogen and oxygen atoms in total. The fourth-order valence-electron chi connectivity index (χ4n) is 2.18. The molecule has 0 aromatic carbocycles. The Labute approximate surface area is 69.0 Å². The van der Waals surface area contributed by atoms with Gasteiger partial charge in [0.05, 0.1) is 0 Å². The Morgan fingerprint density at radius 3 is 2.64 bits per heavy atom. The van der Waals surface area contributed by atoms with Crippen LogP contribution in [0.1, 0.15) is 39.5 Å². The van der Waals surface area contributed by atoms with Gasteiger partial charge in [0.1, 0.15) is 0 Å². The summed E-state index contributed by atoms with van der Waals surface area (Å²) in [6, 6.07) is 0.351. The third kappa shape index (κ3) is 2.46. The van der Waals surface area contributed by atoms with Crippen LogP contribution >= 0.6 is 0 Å². The van der Waals surface area contributed by atoms with E-state index in [0.29, 0.717) is 6.04 Å². The summed E-state index contributed by atoms with van der Waals surface area (Å²) in [7, 11) is 0. The molecular weight excluding hydrogens is 138 g/mol. The molecule has 3 atom stereocenters. The molecule has 0 amide bonds. The predicted molar refractivity (Wildman–Crippen MR) is 45.5 cm³/mol. The summed E-state index contributed by atoms with van der Waals surface area (Å²) in [4.78, 5) is 0. The number of hydroxylamine groups is 1. The highest BCUT2D eigenvalue weighted by Crippen LogP contribution is 2.30. The maximum atomic E-state index is 8.77. The molecule has 0 radical (unpaired) electrons. The minimum absolute atomic E-state index is 0.351. The van der Waals surface area contributed by atoms with Crippen molar-refractivity contribution in [2.45, 2.75) is 45.6 Å². The average Bonchev–Trinajstić information content (AvgIpc) is 2.03. The smallest absolute Gasteiger partial charge is 0.0324 e. The molecule has 1 saturated carbocycles. The first-order valence-electron chi connectivity index (χ1n) is 4.65. The number of nitrogens with one attached hydrogen (secondary N) is 1. The molecule has 0 aromatic rings. The Morgan fingerprint density at radius 1 is 1.36 bits per heavy atom. The maximum absolute atomic E-state index is 8.77. The first kappa shape index (κ1) is 9.01. The van der Waals surface area contributed by atoms with Crippen LogP contribution in [0.3, 0.4) is 0 Å². The SMILES string of the molecule is CCC1CC(C)CC(NO)C1. The lowest BCUT2D eigenvalue weighted by Crippen LogP contribution is -2.34. The third-order valence-electron chi connectivity index (χ3n) is 2.80. The summed E-state index contributed by atoms with van der Waals surface area (Å²) >= 11 is 0. The van der Waals surface area contributed by atoms with Crippen molar-refractivity contribution in [2.75, 3.05) is 0 Å². The van der Waals surface area contributed by atoms with Crippen LogP contribution in [0.15, 0.2) is 0 Å². The van der Waals surface area contributed by atoms with Gasteiger partial charge in [0, 0.05) is 6.04 Å². The molecule has 0 aromatic heterocycles. The van der Waals surface area contributed by atoms with E-state index in [0.717, 1.165) is 24.7 Å². The van der Waals surface area contributed by atoms with Crippen LogP contribution in [0.4, 0.5) is 0 Å². The van der Waals surface area contributed by atoms with E-state index in [9.17, 15) is 0 Å². The van der Waals surface area contributed by atoms with Crippen LogP contribution in [0.5, 0.6) is 0 Å². The Balaban J connectivity index is 2.37. The van der Waals surface area contributed by atoms with E-state index in [2.05, 4.69) is 19.3 Å². The van der Waals surface area contributed by atoms with E-state index in [1.54, 1.807) is 0 Å². The van der Waals surface area contributed by atoms with Crippen molar-refractivity contribution in [3.8, 4) is 0 Å². The summed E-state index contributed by atoms with van der Waals surface area (Å²) in [5.41, 5.74) is 2.40. The van der Waals surface area contributed by atoms with Crippen molar-refractivity contribution in [3.05, 3.63) is 0 Å². The van der Waals surface area contributed by atoms with Gasteiger partial charge in [-0.05, 0) is 31.1 Å². The summed E-state index contributed by atoms with van der Waals surface area (Å²) in [5, 5.41) is 8.77. The highest BCUT2D eigenvalue weighted by molar-refractivity contribution is 4.78. The lowest BCUT2D eigenvalue weighted by atomic mass is 9.79. The molecule has 1 aliphatic carbocycles. The third-order valence-corrected chi connectivity index (χ3v) is 2.80. The van der Waals surface area contributed by atoms with E-state index in [1.165, 1.54) is 12.8 Å². The Kier molecular flexibility index (Phi) is 3.34. The molecule has 3 unspecified atom stereocenters. The predicted octanol–water partition coefficient (Wildman–Crippen LogP) is 2.18. The van der Waals surface area contributed by atoms with Gasteiger partial charge in [0.15, 0.2) is 0 Å². The summed E-state index contributed by atoms with van der Waals surface area (Å²) in [5.74, 6) is 1.60. The largest absolute Gasteiger partial charge is 0.317 e. The highest BCUT2D eigenvalue weighted by Gasteiger charge is 2.24. The van der Waals surface area contributed by atoms with Gasteiger partial charge in [0.2, 0.25) is 0 Å². The van der Waals surface area contributed by atoms with Gasteiger partial charge >= 0.3 is 0 Å². The zero-order valence-electron chi connectivity index (χ0n) is 7.51. The maximum Gasteiger partial charge on any atom is 0.0324 e. The van der Waals surface area contributed by atoms with Crippen molar-refractivity contribution < 1.29 is 5.21 Å². The van der Waals surface area contributed by atoms with Crippen LogP contribution < -0.4 is 5.48 Å². The summed E-state index contributed by atoms with van der Waals surface area (Å²) in [6.45, 7) is 4.50. The lowest BCUT2D eigenvalue weighted by molar-refractivity contribution is 0.0773. The monoisotopic (exact) mass is 157 g/mol. The quantitative estimate of drug-likeness (QED) is 0.602. The minimum atomic E-state index is 0.351. The van der Waals surface area contributed by atoms with Crippen molar-refractivity contribution >= 4 is 0 Å². The van der Waals surface area contributed by atoms with E-state index in [4.69, 9.17) is 5.21 Å².